The third-order valence-electron chi connectivity index (χ3n) is 13.4. The van der Waals surface area contributed by atoms with Crippen molar-refractivity contribution in [2.24, 2.45) is 11.8 Å². The van der Waals surface area contributed by atoms with Crippen LogP contribution in [0.1, 0.15) is 137 Å². The van der Waals surface area contributed by atoms with E-state index in [1.165, 1.54) is 97.1 Å². The third kappa shape index (κ3) is 5.14. The topological polar surface area (TPSA) is 57.4 Å². The molecule has 3 aliphatic carbocycles. The summed E-state index contributed by atoms with van der Waals surface area (Å²) in [5, 5.41) is 24.7. The van der Waals surface area contributed by atoms with Crippen LogP contribution in [-0.2, 0) is 0 Å². The molecule has 9 rings (SSSR count). The van der Waals surface area contributed by atoms with Crippen LogP contribution in [0.25, 0.3) is 43.6 Å². The van der Waals surface area contributed by atoms with Gasteiger partial charge in [0.05, 0.1) is 35.3 Å². The third-order valence-corrected chi connectivity index (χ3v) is 13.4. The second-order valence-electron chi connectivity index (χ2n) is 16.2. The van der Waals surface area contributed by atoms with E-state index in [1.54, 1.807) is 0 Å². The van der Waals surface area contributed by atoms with Crippen molar-refractivity contribution >= 4 is 43.6 Å². The molecule has 0 radical (unpaired) electrons. The van der Waals surface area contributed by atoms with Gasteiger partial charge in [-0.2, -0.15) is 10.5 Å². The van der Waals surface area contributed by atoms with Crippen molar-refractivity contribution in [3.05, 3.63) is 95.1 Å². The lowest BCUT2D eigenvalue weighted by Gasteiger charge is -2.42. The van der Waals surface area contributed by atoms with E-state index in [0.29, 0.717) is 34.8 Å². The largest absolute Gasteiger partial charge is 0.335 e. The lowest BCUT2D eigenvalue weighted by Crippen LogP contribution is -2.33. The van der Waals surface area contributed by atoms with E-state index in [4.69, 9.17) is 0 Å². The minimum absolute atomic E-state index is 0.219. The average molecular weight is 657 g/mol. The van der Waals surface area contributed by atoms with Gasteiger partial charge in [0.15, 0.2) is 0 Å². The van der Waals surface area contributed by atoms with Crippen LogP contribution in [0.4, 0.5) is 0 Å². The average Bonchev–Trinajstić information content (AvgIpc) is 3.67. The minimum atomic E-state index is 0.219. The first kappa shape index (κ1) is 31.4. The zero-order valence-corrected chi connectivity index (χ0v) is 29.7. The van der Waals surface area contributed by atoms with Gasteiger partial charge in [-0.1, -0.05) is 64.5 Å². The van der Waals surface area contributed by atoms with E-state index in [0.717, 1.165) is 34.6 Å². The van der Waals surface area contributed by atoms with Crippen molar-refractivity contribution < 1.29 is 0 Å². The van der Waals surface area contributed by atoms with Gasteiger partial charge >= 0.3 is 0 Å². The van der Waals surface area contributed by atoms with Gasteiger partial charge in [-0.15, -0.1) is 0 Å². The van der Waals surface area contributed by atoms with E-state index >= 15 is 0 Å². The Bertz CT molecular complexity index is 2180. The molecule has 3 fully saturated rings. The van der Waals surface area contributed by atoms with Gasteiger partial charge in [0.2, 0.25) is 0 Å². The lowest BCUT2D eigenvalue weighted by molar-refractivity contribution is 0.152. The molecule has 0 amide bonds. The van der Waals surface area contributed by atoms with Crippen molar-refractivity contribution in [2.45, 2.75) is 115 Å². The second-order valence-corrected chi connectivity index (χ2v) is 16.2. The normalized spacial score (nSPS) is 23.8. The highest BCUT2D eigenvalue weighted by Gasteiger charge is 2.38. The maximum Gasteiger partial charge on any atom is 0.0991 e. The maximum atomic E-state index is 9.85. The minimum Gasteiger partial charge on any atom is -0.335 e. The molecule has 4 heteroatoms. The Labute approximate surface area is 296 Å². The van der Waals surface area contributed by atoms with Gasteiger partial charge in [-0.3, -0.25) is 0 Å². The fourth-order valence-corrected chi connectivity index (χ4v) is 10.5. The lowest BCUT2D eigenvalue weighted by atomic mass is 9.75. The first-order chi connectivity index (χ1) is 24.5. The molecule has 4 atom stereocenters. The second kappa shape index (κ2) is 12.7. The van der Waals surface area contributed by atoms with Gasteiger partial charge in [0.1, 0.15) is 0 Å². The number of nitriles is 2. The van der Waals surface area contributed by atoms with E-state index in [9.17, 15) is 10.5 Å². The summed E-state index contributed by atoms with van der Waals surface area (Å²) >= 11 is 0. The van der Waals surface area contributed by atoms with Gasteiger partial charge in [0, 0.05) is 43.6 Å². The van der Waals surface area contributed by atoms with Crippen LogP contribution < -0.4 is 0 Å². The Morgan fingerprint density at radius 1 is 0.480 bits per heavy atom. The molecule has 50 heavy (non-hydrogen) atoms. The summed E-state index contributed by atoms with van der Waals surface area (Å²) in [6, 6.07) is 32.5. The van der Waals surface area contributed by atoms with Gasteiger partial charge in [-0.25, -0.2) is 0 Å². The number of fused-ring (bicyclic) bond motifs is 6. The molecule has 2 aromatic heterocycles. The smallest absolute Gasteiger partial charge is 0.0991 e. The number of rotatable bonds is 4. The first-order valence-corrected chi connectivity index (χ1v) is 19.5. The summed E-state index contributed by atoms with van der Waals surface area (Å²) in [5.41, 5.74) is 9.44. The van der Waals surface area contributed by atoms with Crippen LogP contribution in [0.2, 0.25) is 0 Å². The molecule has 6 aromatic rings. The highest BCUT2D eigenvalue weighted by atomic mass is 15.1. The molecule has 0 spiro atoms. The zero-order chi connectivity index (χ0) is 33.9. The molecule has 0 aliphatic heterocycles. The Kier molecular flexibility index (Phi) is 7.96. The Balaban J connectivity index is 1.28. The molecule has 0 bridgehead atoms. The fourth-order valence-electron chi connectivity index (χ4n) is 10.5. The van der Waals surface area contributed by atoms with Crippen molar-refractivity contribution in [1.82, 2.24) is 9.13 Å². The molecule has 3 aliphatic rings. The standard InChI is InChI=1S/C46H48N4/c1-29-21-45(49-41-17-13-31(27-47)23-37(41)38-24-32(28-48)14-18-42(38)49)46(22-30(29)2)50-43-19-15-35(33-9-5-3-6-10-33)25-39(43)40-26-36(16-20-44(40)50)34-11-7-4-8-12-34/h13-20,23-26,29-30,33-34,45-46H,3-12,21-22H2,1-2H3/t29?,30?,45?,46-/m0/s1. The van der Waals surface area contributed by atoms with Crippen LogP contribution in [0.3, 0.4) is 0 Å². The molecule has 4 nitrogen and oxygen atoms in total. The Morgan fingerprint density at radius 3 is 1.22 bits per heavy atom. The monoisotopic (exact) mass is 656 g/mol. The quantitative estimate of drug-likeness (QED) is 0.190. The number of aromatic nitrogens is 2. The van der Waals surface area contributed by atoms with Gasteiger partial charge in [0.25, 0.3) is 0 Å². The Morgan fingerprint density at radius 2 is 0.840 bits per heavy atom. The summed E-state index contributed by atoms with van der Waals surface area (Å²) in [5.74, 6) is 2.51. The summed E-state index contributed by atoms with van der Waals surface area (Å²) in [6.45, 7) is 4.89. The number of hydrogen-bond donors (Lipinski definition) is 0. The number of nitrogens with zero attached hydrogens (tertiary/aromatic N) is 4. The van der Waals surface area contributed by atoms with Crippen molar-refractivity contribution in [3.8, 4) is 12.1 Å². The maximum absolute atomic E-state index is 9.85. The van der Waals surface area contributed by atoms with E-state index < -0.39 is 0 Å². The van der Waals surface area contributed by atoms with Crippen LogP contribution in [-0.4, -0.2) is 9.13 Å². The molecular formula is C46H48N4. The highest BCUT2D eigenvalue weighted by molar-refractivity contribution is 6.10. The first-order valence-electron chi connectivity index (χ1n) is 19.5. The summed E-state index contributed by atoms with van der Waals surface area (Å²) in [6.07, 6.45) is 15.6. The van der Waals surface area contributed by atoms with Crippen molar-refractivity contribution in [2.75, 3.05) is 0 Å². The van der Waals surface area contributed by atoms with Crippen LogP contribution >= 0.6 is 0 Å². The molecular weight excluding hydrogens is 609 g/mol. The molecule has 3 saturated carbocycles. The van der Waals surface area contributed by atoms with E-state index in [1.807, 2.05) is 24.3 Å². The summed E-state index contributed by atoms with van der Waals surface area (Å²) in [4.78, 5) is 0. The molecule has 0 N–H and O–H groups in total. The molecule has 3 unspecified atom stereocenters. The van der Waals surface area contributed by atoms with E-state index in [-0.39, 0.29) is 12.1 Å². The fraction of sp³-hybridized carbons (Fsp3) is 0.435. The van der Waals surface area contributed by atoms with Crippen molar-refractivity contribution in [1.29, 1.82) is 10.5 Å². The molecule has 4 aromatic carbocycles. The van der Waals surface area contributed by atoms with Crippen LogP contribution in [0.15, 0.2) is 72.8 Å². The summed E-state index contributed by atoms with van der Waals surface area (Å²) in [7, 11) is 0. The zero-order valence-electron chi connectivity index (χ0n) is 29.7. The SMILES string of the molecule is CC1CC(n2c3ccc(C#N)cc3c3cc(C#N)ccc32)[C@@H](n2c3ccc(C4CCCCC4)cc3c3cc(C4CCCCC4)ccc32)CC1C. The van der Waals surface area contributed by atoms with Crippen LogP contribution in [0, 0.1) is 34.5 Å². The van der Waals surface area contributed by atoms with Crippen molar-refractivity contribution in [3.63, 3.8) is 0 Å². The van der Waals surface area contributed by atoms with E-state index in [2.05, 4.69) is 83.7 Å². The molecule has 2 heterocycles. The van der Waals surface area contributed by atoms with Crippen LogP contribution in [0.5, 0.6) is 0 Å². The number of benzene rings is 4. The Hall–Kier alpha value is -4.54. The summed E-state index contributed by atoms with van der Waals surface area (Å²) < 4.78 is 5.34. The molecule has 252 valence electrons. The number of hydrogen-bond acceptors (Lipinski definition) is 2. The van der Waals surface area contributed by atoms with Gasteiger partial charge < -0.3 is 9.13 Å². The van der Waals surface area contributed by atoms with Gasteiger partial charge in [-0.05, 0) is 134 Å². The highest BCUT2D eigenvalue weighted by Crippen LogP contribution is 2.50. The predicted molar refractivity (Wildman–Crippen MR) is 206 cm³/mol. The molecule has 0 saturated heterocycles. The predicted octanol–water partition coefficient (Wildman–Crippen LogP) is 12.6.